The molecule has 0 bridgehead atoms. The van der Waals surface area contributed by atoms with Crippen LogP contribution in [0.3, 0.4) is 0 Å². The third-order valence-corrected chi connectivity index (χ3v) is 8.09. The highest BCUT2D eigenvalue weighted by Gasteiger charge is 2.29. The average Bonchev–Trinajstić information content (AvgIpc) is 2.76. The number of ether oxygens (including phenoxy) is 1. The van der Waals surface area contributed by atoms with Gasteiger partial charge >= 0.3 is 5.97 Å². The lowest BCUT2D eigenvalue weighted by Gasteiger charge is -2.27. The summed E-state index contributed by atoms with van der Waals surface area (Å²) in [5.41, 5.74) is 0. The van der Waals surface area contributed by atoms with Gasteiger partial charge < -0.3 is 15.4 Å². The number of amides is 1. The van der Waals surface area contributed by atoms with Gasteiger partial charge in [-0.25, -0.2) is 0 Å². The molecule has 0 aliphatic rings. The molecule has 0 radical (unpaired) electrons. The first-order valence-corrected chi connectivity index (χ1v) is 11.1. The smallest absolute Gasteiger partial charge is 0.323 e. The molecule has 2 N–H and O–H groups in total. The highest BCUT2D eigenvalue weighted by molar-refractivity contribution is 7.80. The first-order valence-electron chi connectivity index (χ1n) is 9.21. The predicted octanol–water partition coefficient (Wildman–Crippen LogP) is 2.08. The quantitative estimate of drug-likeness (QED) is 0.524. The highest BCUT2D eigenvalue weighted by atomic mass is 31.2. The van der Waals surface area contributed by atoms with Crippen LogP contribution in [0.5, 0.6) is 0 Å². The van der Waals surface area contributed by atoms with E-state index >= 15 is 0 Å². The molecule has 0 saturated heterocycles. The molecule has 0 saturated carbocycles. The van der Waals surface area contributed by atoms with Gasteiger partial charge in [-0.1, -0.05) is 60.7 Å². The Morgan fingerprint density at radius 2 is 1.46 bits per heavy atom. The summed E-state index contributed by atoms with van der Waals surface area (Å²) in [5.74, 6) is -0.521. The van der Waals surface area contributed by atoms with E-state index in [1.54, 1.807) is 27.9 Å². The summed E-state index contributed by atoms with van der Waals surface area (Å²) in [7, 11) is 0.766. The first-order chi connectivity index (χ1) is 13.4. The van der Waals surface area contributed by atoms with E-state index in [0.717, 1.165) is 10.6 Å². The minimum Gasteiger partial charge on any atom is -0.458 e. The lowest BCUT2D eigenvalue weighted by Crippen LogP contribution is -2.34. The van der Waals surface area contributed by atoms with Crippen molar-refractivity contribution in [3.8, 4) is 0 Å². The van der Waals surface area contributed by atoms with Crippen molar-refractivity contribution < 1.29 is 14.3 Å². The van der Waals surface area contributed by atoms with Crippen molar-refractivity contribution in [1.82, 2.24) is 10.6 Å². The van der Waals surface area contributed by atoms with Crippen LogP contribution in [0.2, 0.25) is 0 Å². The molecule has 2 atom stereocenters. The number of hydrogen-bond donors (Lipinski definition) is 2. The Morgan fingerprint density at radius 3 is 1.89 bits per heavy atom. The maximum Gasteiger partial charge on any atom is 0.323 e. The second-order valence-electron chi connectivity index (χ2n) is 6.45. The zero-order chi connectivity index (χ0) is 20.6. The zero-order valence-electron chi connectivity index (χ0n) is 16.8. The normalized spacial score (nSPS) is 13.3. The van der Waals surface area contributed by atoms with Crippen molar-refractivity contribution in [2.75, 3.05) is 20.4 Å². The Hall–Kier alpha value is -2.43. The Labute approximate surface area is 166 Å². The molecule has 28 heavy (non-hydrogen) atoms. The van der Waals surface area contributed by atoms with Crippen LogP contribution in [-0.2, 0) is 14.3 Å². The van der Waals surface area contributed by atoms with Crippen LogP contribution in [0.4, 0.5) is 0 Å². The third-order valence-electron chi connectivity index (χ3n) is 4.54. The van der Waals surface area contributed by atoms with E-state index in [1.807, 2.05) is 60.7 Å². The molecule has 0 aliphatic carbocycles. The number of nitrogens with zero attached hydrogens (tertiary/aromatic N) is 1. The molecule has 2 aromatic rings. The van der Waals surface area contributed by atoms with Crippen molar-refractivity contribution in [2.24, 2.45) is 4.74 Å². The highest BCUT2D eigenvalue weighted by Crippen LogP contribution is 2.48. The molecule has 2 rings (SSSR count). The van der Waals surface area contributed by atoms with Crippen LogP contribution in [0.25, 0.3) is 0 Å². The minimum atomic E-state index is -2.53. The number of carbonyl (C=O) groups is 2. The molecule has 0 aliphatic heterocycles. The summed E-state index contributed by atoms with van der Waals surface area (Å²) in [6.45, 7) is 3.51. The number of benzene rings is 2. The van der Waals surface area contributed by atoms with Gasteiger partial charge in [0.05, 0.1) is 7.05 Å². The van der Waals surface area contributed by atoms with E-state index in [-0.39, 0.29) is 18.2 Å². The molecule has 1 amide bonds. The molecule has 0 fully saturated rings. The van der Waals surface area contributed by atoms with Crippen LogP contribution in [0.1, 0.15) is 13.8 Å². The zero-order valence-corrected chi connectivity index (χ0v) is 17.6. The van der Waals surface area contributed by atoms with Gasteiger partial charge in [0.25, 0.3) is 0 Å². The number of carbonyl (C=O) groups excluding carboxylic acids is 2. The Bertz CT molecular complexity index is 797. The van der Waals surface area contributed by atoms with Crippen LogP contribution < -0.4 is 21.2 Å². The maximum absolute atomic E-state index is 12.4. The number of hydrogen-bond acceptors (Lipinski definition) is 5. The number of likely N-dealkylation sites (N-methyl/N-ethyl adjacent to an activating group) is 2. The first kappa shape index (κ1) is 21.9. The molecule has 0 heterocycles. The summed E-state index contributed by atoms with van der Waals surface area (Å²) in [6.07, 6.45) is 0.104. The van der Waals surface area contributed by atoms with E-state index in [9.17, 15) is 9.59 Å². The maximum atomic E-state index is 12.4. The van der Waals surface area contributed by atoms with E-state index in [2.05, 4.69) is 10.6 Å². The van der Waals surface area contributed by atoms with E-state index in [4.69, 9.17) is 9.48 Å². The summed E-state index contributed by atoms with van der Waals surface area (Å²) in [6, 6.07) is 18.5. The molecular formula is C21H28N3O3P. The second-order valence-corrected chi connectivity index (χ2v) is 9.51. The van der Waals surface area contributed by atoms with E-state index in [1.165, 1.54) is 0 Å². The SMILES string of the molecule is CNC(=O)C(C)N=P(COC(=O)[C@H](C)NC)(c1ccccc1)c1ccccc1. The second kappa shape index (κ2) is 10.2. The monoisotopic (exact) mass is 401 g/mol. The molecule has 6 nitrogen and oxygen atoms in total. The van der Waals surface area contributed by atoms with Gasteiger partial charge in [-0.05, 0) is 31.5 Å². The number of nitrogens with one attached hydrogen (secondary N) is 2. The molecule has 0 spiro atoms. The Kier molecular flexibility index (Phi) is 7.97. The fraction of sp³-hybridized carbons (Fsp3) is 0.333. The van der Waals surface area contributed by atoms with Crippen molar-refractivity contribution >= 4 is 29.5 Å². The molecule has 0 aromatic heterocycles. The fourth-order valence-corrected chi connectivity index (χ4v) is 6.04. The van der Waals surface area contributed by atoms with Gasteiger partial charge in [-0.3, -0.25) is 14.3 Å². The topological polar surface area (TPSA) is 79.8 Å². The van der Waals surface area contributed by atoms with Gasteiger partial charge in [0.1, 0.15) is 18.4 Å². The molecule has 150 valence electrons. The van der Waals surface area contributed by atoms with Crippen molar-refractivity contribution in [2.45, 2.75) is 25.9 Å². The van der Waals surface area contributed by atoms with Crippen LogP contribution >= 0.6 is 7.05 Å². The van der Waals surface area contributed by atoms with Crippen LogP contribution in [0.15, 0.2) is 65.4 Å². The standard InChI is InChI=1S/C21H28N3O3P/c1-16(20(25)23-4)24-28(18-11-7-5-8-12-18,19-13-9-6-10-14-19)15-27-21(26)17(2)22-3/h5-14,16-17,22H,15H2,1-4H3,(H,23,25)/t16?,17-/m0/s1. The number of rotatable bonds is 8. The van der Waals surface area contributed by atoms with Gasteiger partial charge in [0, 0.05) is 7.05 Å². The largest absolute Gasteiger partial charge is 0.458 e. The molecule has 7 heteroatoms. The van der Waals surface area contributed by atoms with Crippen molar-refractivity contribution in [3.63, 3.8) is 0 Å². The van der Waals surface area contributed by atoms with Gasteiger partial charge in [0.2, 0.25) is 5.91 Å². The summed E-state index contributed by atoms with van der Waals surface area (Å²) >= 11 is 0. The van der Waals surface area contributed by atoms with Crippen molar-refractivity contribution in [3.05, 3.63) is 60.7 Å². The van der Waals surface area contributed by atoms with Crippen LogP contribution in [-0.4, -0.2) is 44.4 Å². The molecular weight excluding hydrogens is 373 g/mol. The third kappa shape index (κ3) is 5.09. The van der Waals surface area contributed by atoms with E-state index in [0.29, 0.717) is 0 Å². The number of esters is 1. The van der Waals surface area contributed by atoms with Gasteiger partial charge in [-0.2, -0.15) is 0 Å². The minimum absolute atomic E-state index is 0.104. The lowest BCUT2D eigenvalue weighted by molar-refractivity contribution is -0.143. The predicted molar refractivity (Wildman–Crippen MR) is 115 cm³/mol. The summed E-state index contributed by atoms with van der Waals surface area (Å²) < 4.78 is 10.7. The molecule has 2 aromatic carbocycles. The van der Waals surface area contributed by atoms with E-state index < -0.39 is 19.1 Å². The average molecular weight is 401 g/mol. The summed E-state index contributed by atoms with van der Waals surface area (Å²) in [5, 5.41) is 7.46. The van der Waals surface area contributed by atoms with Gasteiger partial charge in [0.15, 0.2) is 0 Å². The van der Waals surface area contributed by atoms with Crippen molar-refractivity contribution in [1.29, 1.82) is 0 Å². The lowest BCUT2D eigenvalue weighted by atomic mass is 10.3. The summed E-state index contributed by atoms with van der Waals surface area (Å²) in [4.78, 5) is 24.6. The van der Waals surface area contributed by atoms with Gasteiger partial charge in [-0.15, -0.1) is 0 Å². The molecule has 1 unspecified atom stereocenters. The Balaban J connectivity index is 2.64. The Morgan fingerprint density at radius 1 is 0.964 bits per heavy atom. The fourth-order valence-electron chi connectivity index (χ4n) is 2.77. The van der Waals surface area contributed by atoms with Crippen LogP contribution in [0, 0.1) is 0 Å².